The highest BCUT2D eigenvalue weighted by Gasteiger charge is 2.11. The van der Waals surface area contributed by atoms with Crippen molar-refractivity contribution in [2.24, 2.45) is 0 Å². The van der Waals surface area contributed by atoms with Crippen molar-refractivity contribution in [2.45, 2.75) is 6.92 Å². The number of nitrogens with zero attached hydrogens (tertiary/aromatic N) is 2. The van der Waals surface area contributed by atoms with Gasteiger partial charge in [0, 0.05) is 35.3 Å². The summed E-state index contributed by atoms with van der Waals surface area (Å²) in [7, 11) is 0. The normalized spacial score (nSPS) is 10.5. The standard InChI is InChI=1S/C18H14N4O4/c1-12(23)13-3-2-4-16(9-13)20-11-14(10-19)18(24)21-15-5-7-17(8-6-15)22(25)26/h2-9,11,20H,1H3,(H,21,24)/b14-11-. The van der Waals surface area contributed by atoms with Crippen molar-refractivity contribution in [1.29, 1.82) is 5.26 Å². The molecule has 8 nitrogen and oxygen atoms in total. The Morgan fingerprint density at radius 3 is 2.42 bits per heavy atom. The third-order valence-corrected chi connectivity index (χ3v) is 3.35. The minimum atomic E-state index is -0.670. The molecule has 0 saturated heterocycles. The zero-order valence-electron chi connectivity index (χ0n) is 13.7. The van der Waals surface area contributed by atoms with E-state index in [1.807, 2.05) is 0 Å². The number of carbonyl (C=O) groups excluding carboxylic acids is 2. The van der Waals surface area contributed by atoms with Gasteiger partial charge in [0.2, 0.25) is 0 Å². The first-order valence-electron chi connectivity index (χ1n) is 7.44. The molecule has 0 radical (unpaired) electrons. The van der Waals surface area contributed by atoms with Gasteiger partial charge in [-0.15, -0.1) is 0 Å². The second kappa shape index (κ2) is 8.21. The van der Waals surface area contributed by atoms with Crippen molar-refractivity contribution in [3.05, 3.63) is 76.0 Å². The van der Waals surface area contributed by atoms with Crippen molar-refractivity contribution in [1.82, 2.24) is 0 Å². The van der Waals surface area contributed by atoms with Crippen LogP contribution in [0.4, 0.5) is 17.1 Å². The third kappa shape index (κ3) is 4.75. The third-order valence-electron chi connectivity index (χ3n) is 3.35. The van der Waals surface area contributed by atoms with Crippen LogP contribution in [0.3, 0.4) is 0 Å². The van der Waals surface area contributed by atoms with Gasteiger partial charge >= 0.3 is 0 Å². The number of benzene rings is 2. The molecule has 0 unspecified atom stereocenters. The van der Waals surface area contributed by atoms with E-state index in [9.17, 15) is 19.7 Å². The highest BCUT2D eigenvalue weighted by Crippen LogP contribution is 2.16. The number of hydrogen-bond donors (Lipinski definition) is 2. The monoisotopic (exact) mass is 350 g/mol. The summed E-state index contributed by atoms with van der Waals surface area (Å²) < 4.78 is 0. The molecule has 0 spiro atoms. The number of non-ortho nitro benzene ring substituents is 1. The number of rotatable bonds is 6. The number of nitro benzene ring substituents is 1. The minimum absolute atomic E-state index is 0.103. The summed E-state index contributed by atoms with van der Waals surface area (Å²) in [5.74, 6) is -0.773. The van der Waals surface area contributed by atoms with E-state index in [-0.39, 0.29) is 17.0 Å². The second-order valence-electron chi connectivity index (χ2n) is 5.21. The fraction of sp³-hybridized carbons (Fsp3) is 0.0556. The van der Waals surface area contributed by atoms with Crippen LogP contribution >= 0.6 is 0 Å². The lowest BCUT2D eigenvalue weighted by Crippen LogP contribution is -2.14. The Hall–Kier alpha value is -3.99. The van der Waals surface area contributed by atoms with Crippen molar-refractivity contribution in [3.63, 3.8) is 0 Å². The summed E-state index contributed by atoms with van der Waals surface area (Å²) in [5, 5.41) is 25.0. The number of nitrogens with one attached hydrogen (secondary N) is 2. The van der Waals surface area contributed by atoms with Gasteiger partial charge in [-0.3, -0.25) is 19.7 Å². The van der Waals surface area contributed by atoms with Crippen LogP contribution in [0.5, 0.6) is 0 Å². The van der Waals surface area contributed by atoms with E-state index in [1.54, 1.807) is 30.3 Å². The molecule has 0 atom stereocenters. The predicted molar refractivity (Wildman–Crippen MR) is 95.5 cm³/mol. The van der Waals surface area contributed by atoms with Crippen molar-refractivity contribution >= 4 is 28.8 Å². The molecule has 0 aliphatic carbocycles. The average Bonchev–Trinajstić information content (AvgIpc) is 2.63. The lowest BCUT2D eigenvalue weighted by atomic mass is 10.1. The van der Waals surface area contributed by atoms with Crippen LogP contribution in [-0.2, 0) is 4.79 Å². The van der Waals surface area contributed by atoms with Gasteiger partial charge in [-0.2, -0.15) is 5.26 Å². The first kappa shape index (κ1) is 18.4. The summed E-state index contributed by atoms with van der Waals surface area (Å²) >= 11 is 0. The molecule has 2 aromatic carbocycles. The van der Waals surface area contributed by atoms with Gasteiger partial charge in [0.1, 0.15) is 11.6 Å². The van der Waals surface area contributed by atoms with E-state index >= 15 is 0 Å². The molecule has 2 rings (SSSR count). The molecule has 1 amide bonds. The highest BCUT2D eigenvalue weighted by molar-refractivity contribution is 6.06. The number of ketones is 1. The Morgan fingerprint density at radius 2 is 1.85 bits per heavy atom. The van der Waals surface area contributed by atoms with E-state index < -0.39 is 10.8 Å². The Bertz CT molecular complexity index is 927. The van der Waals surface area contributed by atoms with Gasteiger partial charge in [-0.05, 0) is 31.2 Å². The number of amides is 1. The maximum atomic E-state index is 12.1. The molecule has 0 heterocycles. The van der Waals surface area contributed by atoms with Gasteiger partial charge in [0.05, 0.1) is 4.92 Å². The zero-order valence-corrected chi connectivity index (χ0v) is 13.7. The van der Waals surface area contributed by atoms with E-state index in [0.29, 0.717) is 16.9 Å². The van der Waals surface area contributed by atoms with Gasteiger partial charge in [-0.25, -0.2) is 0 Å². The number of hydrogen-bond acceptors (Lipinski definition) is 6. The lowest BCUT2D eigenvalue weighted by molar-refractivity contribution is -0.384. The van der Waals surface area contributed by atoms with E-state index in [1.165, 1.54) is 37.4 Å². The summed E-state index contributed by atoms with van der Waals surface area (Å²) in [6.45, 7) is 1.44. The molecule has 0 bridgehead atoms. The summed E-state index contributed by atoms with van der Waals surface area (Å²) in [6.07, 6.45) is 1.22. The van der Waals surface area contributed by atoms with Crippen LogP contribution in [0, 0.1) is 21.4 Å². The Kier molecular flexibility index (Phi) is 5.79. The zero-order chi connectivity index (χ0) is 19.1. The van der Waals surface area contributed by atoms with Gasteiger partial charge < -0.3 is 10.6 Å². The number of Topliss-reactive ketones (excluding diaryl/α,β-unsaturated/α-hetero) is 1. The molecular weight excluding hydrogens is 336 g/mol. The summed E-state index contributed by atoms with van der Waals surface area (Å²) in [6, 6.07) is 13.6. The average molecular weight is 350 g/mol. The SMILES string of the molecule is CC(=O)c1cccc(N/C=C(/C#N)C(=O)Nc2ccc([N+](=O)[O-])cc2)c1. The second-order valence-corrected chi connectivity index (χ2v) is 5.21. The van der Waals surface area contributed by atoms with E-state index in [4.69, 9.17) is 5.26 Å². The van der Waals surface area contributed by atoms with Crippen molar-refractivity contribution in [3.8, 4) is 6.07 Å². The molecule has 8 heteroatoms. The molecule has 0 saturated carbocycles. The summed E-state index contributed by atoms with van der Waals surface area (Å²) in [4.78, 5) is 33.6. The van der Waals surface area contributed by atoms with Crippen LogP contribution in [0.2, 0.25) is 0 Å². The number of anilines is 2. The maximum Gasteiger partial charge on any atom is 0.269 e. The fourth-order valence-corrected chi connectivity index (χ4v) is 2.00. The summed E-state index contributed by atoms with van der Waals surface area (Å²) in [5.41, 5.74) is 1.06. The molecule has 0 fully saturated rings. The number of carbonyl (C=O) groups is 2. The number of nitriles is 1. The Labute approximate surface area is 148 Å². The molecular formula is C18H14N4O4. The lowest BCUT2D eigenvalue weighted by Gasteiger charge is -2.06. The van der Waals surface area contributed by atoms with Crippen LogP contribution in [0.25, 0.3) is 0 Å². The fourth-order valence-electron chi connectivity index (χ4n) is 2.00. The van der Waals surface area contributed by atoms with Gasteiger partial charge in [-0.1, -0.05) is 12.1 Å². The first-order chi connectivity index (χ1) is 12.4. The van der Waals surface area contributed by atoms with Crippen molar-refractivity contribution < 1.29 is 14.5 Å². The quantitative estimate of drug-likeness (QED) is 0.271. The molecule has 26 heavy (non-hydrogen) atoms. The number of nitro groups is 1. The highest BCUT2D eigenvalue weighted by atomic mass is 16.6. The Balaban J connectivity index is 2.09. The van der Waals surface area contributed by atoms with Crippen LogP contribution < -0.4 is 10.6 Å². The van der Waals surface area contributed by atoms with Crippen molar-refractivity contribution in [2.75, 3.05) is 10.6 Å². The van der Waals surface area contributed by atoms with Crippen LogP contribution in [0.15, 0.2) is 60.3 Å². The van der Waals surface area contributed by atoms with Gasteiger partial charge in [0.25, 0.3) is 11.6 Å². The van der Waals surface area contributed by atoms with Crippen LogP contribution in [-0.4, -0.2) is 16.6 Å². The van der Waals surface area contributed by atoms with Crippen LogP contribution in [0.1, 0.15) is 17.3 Å². The maximum absolute atomic E-state index is 12.1. The van der Waals surface area contributed by atoms with Gasteiger partial charge in [0.15, 0.2) is 5.78 Å². The Morgan fingerprint density at radius 1 is 1.15 bits per heavy atom. The molecule has 0 aromatic heterocycles. The van der Waals surface area contributed by atoms with E-state index in [0.717, 1.165) is 0 Å². The topological polar surface area (TPSA) is 125 Å². The first-order valence-corrected chi connectivity index (χ1v) is 7.44. The molecule has 0 aliphatic rings. The predicted octanol–water partition coefficient (Wildman–Crippen LogP) is 3.26. The smallest absolute Gasteiger partial charge is 0.269 e. The molecule has 0 aliphatic heterocycles. The largest absolute Gasteiger partial charge is 0.360 e. The molecule has 130 valence electrons. The minimum Gasteiger partial charge on any atom is -0.360 e. The molecule has 2 N–H and O–H groups in total. The molecule has 2 aromatic rings. The van der Waals surface area contributed by atoms with E-state index in [2.05, 4.69) is 10.6 Å².